The lowest BCUT2D eigenvalue weighted by atomic mass is 10.0. The highest BCUT2D eigenvalue weighted by Crippen LogP contribution is 2.22. The summed E-state index contributed by atoms with van der Waals surface area (Å²) >= 11 is 3.34. The van der Waals surface area contributed by atoms with Crippen molar-refractivity contribution in [3.05, 3.63) is 63.4 Å². The van der Waals surface area contributed by atoms with Gasteiger partial charge in [-0.25, -0.2) is 4.98 Å². The molecule has 0 radical (unpaired) electrons. The van der Waals surface area contributed by atoms with Crippen LogP contribution in [0.1, 0.15) is 16.7 Å². The van der Waals surface area contributed by atoms with Gasteiger partial charge >= 0.3 is 0 Å². The largest absolute Gasteiger partial charge is 0.345 e. The number of carbonyl (C=O) groups is 1. The van der Waals surface area contributed by atoms with Crippen molar-refractivity contribution in [2.45, 2.75) is 20.8 Å². The lowest BCUT2D eigenvalue weighted by molar-refractivity contribution is -0.112. The van der Waals surface area contributed by atoms with Gasteiger partial charge in [-0.15, -0.1) is 0 Å². The lowest BCUT2D eigenvalue weighted by Crippen LogP contribution is -2.16. The Labute approximate surface area is 149 Å². The van der Waals surface area contributed by atoms with Crippen molar-refractivity contribution in [3.8, 4) is 6.07 Å². The third kappa shape index (κ3) is 4.43. The van der Waals surface area contributed by atoms with Crippen LogP contribution in [0.15, 0.2) is 46.7 Å². The summed E-state index contributed by atoms with van der Waals surface area (Å²) in [7, 11) is 0. The number of nitriles is 1. The average Bonchev–Trinajstić information content (AvgIpc) is 2.51. The molecule has 0 unspecified atom stereocenters. The Hall–Kier alpha value is -2.65. The molecule has 0 aliphatic heterocycles. The van der Waals surface area contributed by atoms with Crippen molar-refractivity contribution in [3.63, 3.8) is 0 Å². The molecule has 5 nitrogen and oxygen atoms in total. The molecule has 0 bridgehead atoms. The molecule has 6 heteroatoms. The van der Waals surface area contributed by atoms with Gasteiger partial charge in [0, 0.05) is 22.6 Å². The number of nitrogens with one attached hydrogen (secondary N) is 2. The van der Waals surface area contributed by atoms with Crippen LogP contribution in [-0.4, -0.2) is 10.9 Å². The number of pyridine rings is 1. The second kappa shape index (κ2) is 7.75. The van der Waals surface area contributed by atoms with E-state index in [9.17, 15) is 10.1 Å². The summed E-state index contributed by atoms with van der Waals surface area (Å²) in [6, 6.07) is 9.42. The predicted octanol–water partition coefficient (Wildman–Crippen LogP) is 4.23. The Balaban J connectivity index is 2.18. The number of aromatic nitrogens is 1. The molecule has 0 saturated carbocycles. The first-order valence-corrected chi connectivity index (χ1v) is 8.07. The summed E-state index contributed by atoms with van der Waals surface area (Å²) < 4.78 is 0.849. The molecule has 1 amide bonds. The first-order chi connectivity index (χ1) is 11.4. The molecule has 122 valence electrons. The number of benzene rings is 1. The van der Waals surface area contributed by atoms with Crippen LogP contribution in [-0.2, 0) is 4.79 Å². The number of rotatable bonds is 4. The van der Waals surface area contributed by atoms with Crippen LogP contribution in [0.3, 0.4) is 0 Å². The van der Waals surface area contributed by atoms with E-state index in [1.807, 2.05) is 39.0 Å². The monoisotopic (exact) mass is 384 g/mol. The van der Waals surface area contributed by atoms with Crippen LogP contribution in [0.4, 0.5) is 11.5 Å². The Morgan fingerprint density at radius 2 is 1.92 bits per heavy atom. The number of halogens is 1. The summed E-state index contributed by atoms with van der Waals surface area (Å²) in [6.07, 6.45) is 2.97. The third-order valence-corrected chi connectivity index (χ3v) is 3.86. The number of aryl methyl sites for hydroxylation is 3. The van der Waals surface area contributed by atoms with Crippen molar-refractivity contribution in [2.24, 2.45) is 0 Å². The van der Waals surface area contributed by atoms with Crippen molar-refractivity contribution in [1.29, 1.82) is 5.26 Å². The fourth-order valence-corrected chi connectivity index (χ4v) is 2.67. The minimum absolute atomic E-state index is 0.0313. The van der Waals surface area contributed by atoms with E-state index in [1.54, 1.807) is 18.3 Å². The highest BCUT2D eigenvalue weighted by atomic mass is 79.9. The van der Waals surface area contributed by atoms with Gasteiger partial charge < -0.3 is 10.6 Å². The van der Waals surface area contributed by atoms with E-state index < -0.39 is 5.91 Å². The Bertz CT molecular complexity index is 829. The van der Waals surface area contributed by atoms with Crippen LogP contribution in [0.5, 0.6) is 0 Å². The maximum atomic E-state index is 12.3. The second-order valence-electron chi connectivity index (χ2n) is 5.40. The zero-order valence-electron chi connectivity index (χ0n) is 13.6. The molecular formula is C18H17BrN4O. The number of amides is 1. The fourth-order valence-electron chi connectivity index (χ4n) is 2.34. The maximum absolute atomic E-state index is 12.3. The number of anilines is 2. The SMILES string of the molecule is Cc1cc(C)c(NC(=O)/C(C#N)=C\Nc2cc(Br)ccn2)c(C)c1. The van der Waals surface area contributed by atoms with Gasteiger partial charge in [-0.2, -0.15) is 5.26 Å². The average molecular weight is 385 g/mol. The van der Waals surface area contributed by atoms with Crippen LogP contribution in [0.2, 0.25) is 0 Å². The van der Waals surface area contributed by atoms with E-state index in [-0.39, 0.29) is 5.57 Å². The standard InChI is InChI=1S/C18H17BrN4O/c1-11-6-12(2)17(13(3)7-11)23-18(24)14(9-20)10-22-16-8-15(19)4-5-21-16/h4-8,10H,1-3H3,(H,21,22)(H,23,24)/b14-10-. The second-order valence-corrected chi connectivity index (χ2v) is 6.32. The Kier molecular flexibility index (Phi) is 5.72. The van der Waals surface area contributed by atoms with Crippen LogP contribution < -0.4 is 10.6 Å². The fraction of sp³-hybridized carbons (Fsp3) is 0.167. The van der Waals surface area contributed by atoms with E-state index in [1.165, 1.54) is 6.20 Å². The van der Waals surface area contributed by atoms with Crippen molar-refractivity contribution < 1.29 is 4.79 Å². The van der Waals surface area contributed by atoms with Gasteiger partial charge in [0.25, 0.3) is 5.91 Å². The van der Waals surface area contributed by atoms with Gasteiger partial charge in [-0.05, 0) is 44.0 Å². The molecule has 2 rings (SSSR count). The molecule has 0 spiro atoms. The van der Waals surface area contributed by atoms with Crippen LogP contribution in [0, 0.1) is 32.1 Å². The van der Waals surface area contributed by atoms with Gasteiger partial charge in [-0.3, -0.25) is 4.79 Å². The molecule has 1 aromatic heterocycles. The molecule has 1 aromatic carbocycles. The molecule has 2 N–H and O–H groups in total. The van der Waals surface area contributed by atoms with Crippen LogP contribution >= 0.6 is 15.9 Å². The molecule has 0 aliphatic rings. The topological polar surface area (TPSA) is 77.8 Å². The van der Waals surface area contributed by atoms with Gasteiger partial charge in [0.2, 0.25) is 0 Å². The maximum Gasteiger partial charge on any atom is 0.267 e. The van der Waals surface area contributed by atoms with E-state index >= 15 is 0 Å². The molecular weight excluding hydrogens is 368 g/mol. The quantitative estimate of drug-likeness (QED) is 0.610. The lowest BCUT2D eigenvalue weighted by Gasteiger charge is -2.12. The first kappa shape index (κ1) is 17.7. The normalized spacial score (nSPS) is 10.9. The third-order valence-electron chi connectivity index (χ3n) is 3.37. The molecule has 2 aromatic rings. The molecule has 0 atom stereocenters. The Morgan fingerprint density at radius 1 is 1.25 bits per heavy atom. The van der Waals surface area contributed by atoms with E-state index in [0.717, 1.165) is 26.9 Å². The highest BCUT2D eigenvalue weighted by molar-refractivity contribution is 9.10. The van der Waals surface area contributed by atoms with Crippen LogP contribution in [0.25, 0.3) is 0 Å². The number of hydrogen-bond acceptors (Lipinski definition) is 4. The van der Waals surface area contributed by atoms with Crippen molar-refractivity contribution in [1.82, 2.24) is 4.98 Å². The van der Waals surface area contributed by atoms with E-state index in [0.29, 0.717) is 5.82 Å². The van der Waals surface area contributed by atoms with E-state index in [2.05, 4.69) is 31.5 Å². The molecule has 24 heavy (non-hydrogen) atoms. The van der Waals surface area contributed by atoms with Gasteiger partial charge in [0.05, 0.1) is 0 Å². The van der Waals surface area contributed by atoms with Crippen molar-refractivity contribution >= 4 is 33.3 Å². The summed E-state index contributed by atoms with van der Waals surface area (Å²) in [5.41, 5.74) is 3.74. The van der Waals surface area contributed by atoms with Gasteiger partial charge in [0.1, 0.15) is 17.5 Å². The zero-order chi connectivity index (χ0) is 17.7. The van der Waals surface area contributed by atoms with Gasteiger partial charge in [0.15, 0.2) is 0 Å². The summed E-state index contributed by atoms with van der Waals surface area (Å²) in [4.78, 5) is 16.4. The summed E-state index contributed by atoms with van der Waals surface area (Å²) in [5.74, 6) is 0.0719. The minimum Gasteiger partial charge on any atom is -0.345 e. The van der Waals surface area contributed by atoms with Gasteiger partial charge in [-0.1, -0.05) is 33.6 Å². The summed E-state index contributed by atoms with van der Waals surface area (Å²) in [5, 5.41) is 14.9. The molecule has 1 heterocycles. The minimum atomic E-state index is -0.463. The first-order valence-electron chi connectivity index (χ1n) is 7.28. The zero-order valence-corrected chi connectivity index (χ0v) is 15.2. The van der Waals surface area contributed by atoms with Crippen molar-refractivity contribution in [2.75, 3.05) is 10.6 Å². The highest BCUT2D eigenvalue weighted by Gasteiger charge is 2.12. The number of nitrogens with zero attached hydrogens (tertiary/aromatic N) is 2. The molecule has 0 fully saturated rings. The van der Waals surface area contributed by atoms with E-state index in [4.69, 9.17) is 0 Å². The molecule has 0 saturated heterocycles. The summed E-state index contributed by atoms with van der Waals surface area (Å²) in [6.45, 7) is 5.85. The molecule has 0 aliphatic carbocycles. The number of hydrogen-bond donors (Lipinski definition) is 2. The number of carbonyl (C=O) groups excluding carboxylic acids is 1. The Morgan fingerprint density at radius 3 is 2.50 bits per heavy atom. The predicted molar refractivity (Wildman–Crippen MR) is 98.5 cm³/mol. The smallest absolute Gasteiger partial charge is 0.267 e.